The van der Waals surface area contributed by atoms with Gasteiger partial charge in [-0.25, -0.2) is 0 Å². The van der Waals surface area contributed by atoms with Gasteiger partial charge < -0.3 is 4.57 Å². The first-order valence-electron chi connectivity index (χ1n) is 26.0. The van der Waals surface area contributed by atoms with E-state index in [1.807, 2.05) is 11.3 Å². The second-order valence-corrected chi connectivity index (χ2v) is 25.9. The lowest BCUT2D eigenvalue weighted by Crippen LogP contribution is -2.23. The fourth-order valence-electron chi connectivity index (χ4n) is 22.9. The van der Waals surface area contributed by atoms with Crippen molar-refractivity contribution in [3.05, 3.63) is 56.0 Å². The van der Waals surface area contributed by atoms with Gasteiger partial charge in [0.1, 0.15) is 0 Å². The number of benzene rings is 19. The molecule has 72 heavy (non-hydrogen) atoms. The van der Waals surface area contributed by atoms with Crippen molar-refractivity contribution < 1.29 is 0 Å². The van der Waals surface area contributed by atoms with Gasteiger partial charge in [0.25, 0.3) is 5.56 Å². The molecular formula is C68H9NO2S. The van der Waals surface area contributed by atoms with Crippen LogP contribution in [0.5, 0.6) is 0 Å². The fraction of sp³-hybridized carbons (Fsp3) is 0.0294. The molecule has 0 radical (unpaired) electrons. The van der Waals surface area contributed by atoms with Crippen LogP contribution in [0.15, 0.2) is 33.9 Å². The first-order chi connectivity index (χ1) is 35.7. The summed E-state index contributed by atoms with van der Waals surface area (Å²) in [5.41, 5.74) is 3.79. The van der Waals surface area contributed by atoms with E-state index >= 15 is 9.59 Å². The Kier molecular flexibility index (Phi) is 2.60. The van der Waals surface area contributed by atoms with Crippen molar-refractivity contribution in [3.63, 3.8) is 0 Å². The molecule has 0 unspecified atom stereocenters. The second kappa shape index (κ2) is 6.68. The maximum absolute atomic E-state index is 17.2. The van der Waals surface area contributed by atoms with Gasteiger partial charge >= 0.3 is 0 Å². The highest BCUT2D eigenvalue weighted by Crippen LogP contribution is 2.78. The van der Waals surface area contributed by atoms with Gasteiger partial charge in [-0.05, 0) is 18.1 Å². The van der Waals surface area contributed by atoms with Gasteiger partial charge in [-0.1, -0.05) is 24.3 Å². The Bertz CT molecular complexity index is 8010. The monoisotopic (exact) mass is 903 g/mol. The summed E-state index contributed by atoms with van der Waals surface area (Å²) in [5, 5.41) is 76.7. The highest BCUT2D eigenvalue weighted by Gasteiger charge is 2.49. The predicted molar refractivity (Wildman–Crippen MR) is 308 cm³/mol. The average molecular weight is 904 g/mol. The number of aromatic nitrogens is 1. The smallest absolute Gasteiger partial charge is 0.259 e. The molecule has 0 aliphatic heterocycles. The normalized spacial score (nSPS) is 16.6. The molecule has 0 spiro atoms. The molecule has 2 aromatic heterocycles. The summed E-state index contributed by atoms with van der Waals surface area (Å²) < 4.78 is 4.64. The summed E-state index contributed by atoms with van der Waals surface area (Å²) in [7, 11) is 0. The standard InChI is InChI=1S/C68H9NO2S/c1-7-4-2-3-5-8(7)6-69-64-58-49-40-33-23-17-11-12-10-9-13-14(11)20-26-19(13)25-21-15(9)22-16(10)27-28(18(12)23)38-44(33)53(49)61-57-47(38)37(27)43-31(22)32-30(21)42-35(25)41-36(26)45-39-29(20)24(17)34(40)46(39)56(58)62(68(69)71)54(45)50(41)59-51(42)55-48(32)52(43)60(57)66(72-67(61)64)63(55)65(59)70/h2-5H,6H2,1H3. The van der Waals surface area contributed by atoms with Crippen LogP contribution in [0.2, 0.25) is 0 Å². The molecule has 3 nitrogen and oxygen atoms in total. The molecular weight excluding hydrogens is 895 g/mol. The molecule has 0 bridgehead atoms. The summed E-state index contributed by atoms with van der Waals surface area (Å²) in [5.74, 6) is 0. The molecule has 31 aromatic rings. The van der Waals surface area contributed by atoms with Gasteiger partial charge in [-0.3, -0.25) is 9.59 Å². The maximum Gasteiger partial charge on any atom is 0.259 e. The molecule has 31 rings (SSSR count). The van der Waals surface area contributed by atoms with Gasteiger partial charge in [-0.2, -0.15) is 0 Å². The largest absolute Gasteiger partial charge is 0.302 e. The van der Waals surface area contributed by atoms with Crippen LogP contribution in [0.4, 0.5) is 0 Å². The first kappa shape index (κ1) is 28.0. The van der Waals surface area contributed by atoms with Crippen LogP contribution < -0.4 is 11.0 Å². The van der Waals surface area contributed by atoms with Crippen LogP contribution in [-0.4, -0.2) is 4.57 Å². The van der Waals surface area contributed by atoms with Crippen molar-refractivity contribution in [2.75, 3.05) is 0 Å². The van der Waals surface area contributed by atoms with E-state index in [0.717, 1.165) is 37.1 Å². The lowest BCUT2D eigenvalue weighted by Gasteiger charge is -2.23. The average Bonchev–Trinajstić information content (AvgIpc) is 4.28. The SMILES string of the molecule is Cc1ccccc1Cn1c(=O)c2c3c4c5c(=O)c6c7sc8c9c%10c7c7c%11c6c5c5c6c4c4c3c3c%12c2c(c2c9c9c%13c%10c%10c7c7c%11c5c5c6c6c4c4c3c3c%12c2c9c2c3c3c4c6c4c5c7c5c%10c%13c2c3c54)c81. The van der Waals surface area contributed by atoms with Crippen molar-refractivity contribution >= 4 is 322 Å². The van der Waals surface area contributed by atoms with E-state index in [0.29, 0.717) is 6.54 Å². The second-order valence-electron chi connectivity index (χ2n) is 24.9. The van der Waals surface area contributed by atoms with E-state index in [2.05, 4.69) is 35.8 Å². The zero-order valence-electron chi connectivity index (χ0n) is 36.7. The fourth-order valence-corrected chi connectivity index (χ4v) is 24.3. The molecule has 0 saturated heterocycles. The Morgan fingerprint density at radius 3 is 0.931 bits per heavy atom. The van der Waals surface area contributed by atoms with Crippen LogP contribution in [0.3, 0.4) is 0 Å². The summed E-state index contributed by atoms with van der Waals surface area (Å²) in [6.45, 7) is 2.71. The van der Waals surface area contributed by atoms with Crippen molar-refractivity contribution in [2.24, 2.45) is 0 Å². The highest BCUT2D eigenvalue weighted by atomic mass is 32.1. The molecule has 0 fully saturated rings. The van der Waals surface area contributed by atoms with E-state index in [-0.39, 0.29) is 11.0 Å². The Morgan fingerprint density at radius 1 is 0.292 bits per heavy atom. The van der Waals surface area contributed by atoms with Crippen LogP contribution in [0.25, 0.3) is 311 Å². The highest BCUT2D eigenvalue weighted by molar-refractivity contribution is 7.27. The molecule has 0 aliphatic carbocycles. The topological polar surface area (TPSA) is 39.1 Å². The van der Waals surface area contributed by atoms with Crippen LogP contribution in [-0.2, 0) is 6.54 Å². The van der Waals surface area contributed by atoms with Gasteiger partial charge in [0.15, 0.2) is 5.43 Å². The maximum atomic E-state index is 17.2. The summed E-state index contributed by atoms with van der Waals surface area (Å²) in [4.78, 5) is 34.2. The molecule has 0 atom stereocenters. The molecule has 2 heterocycles. The van der Waals surface area contributed by atoms with Crippen molar-refractivity contribution in [1.29, 1.82) is 0 Å². The third-order valence-corrected chi connectivity index (χ3v) is 25.1. The molecule has 0 N–H and O–H groups in total. The molecule has 304 valence electrons. The molecule has 0 amide bonds. The summed E-state index contributed by atoms with van der Waals surface area (Å²) in [6.07, 6.45) is 0. The summed E-state index contributed by atoms with van der Waals surface area (Å²) in [6, 6.07) is 8.76. The van der Waals surface area contributed by atoms with Gasteiger partial charge in [-0.15, -0.1) is 11.3 Å². The number of hydrogen-bond acceptors (Lipinski definition) is 3. The van der Waals surface area contributed by atoms with Crippen LogP contribution >= 0.6 is 11.3 Å². The lowest BCUT2D eigenvalue weighted by atomic mass is 9.84. The van der Waals surface area contributed by atoms with Crippen LogP contribution in [0.1, 0.15) is 11.1 Å². The van der Waals surface area contributed by atoms with Gasteiger partial charge in [0, 0.05) is 296 Å². The molecule has 0 aliphatic rings. The molecule has 0 saturated carbocycles. The minimum absolute atomic E-state index is 0.105. The van der Waals surface area contributed by atoms with E-state index < -0.39 is 0 Å². The summed E-state index contributed by atoms with van der Waals surface area (Å²) >= 11 is 1.88. The molecule has 29 aromatic carbocycles. The minimum Gasteiger partial charge on any atom is -0.302 e. The minimum atomic E-state index is 0.105. The number of hydrogen-bond donors (Lipinski definition) is 0. The van der Waals surface area contributed by atoms with Crippen molar-refractivity contribution in [1.82, 2.24) is 4.57 Å². The third kappa shape index (κ3) is 1.64. The Hall–Kier alpha value is -8.96. The van der Waals surface area contributed by atoms with E-state index in [1.54, 1.807) is 21.5 Å². The van der Waals surface area contributed by atoms with Gasteiger partial charge in [0.05, 0.1) is 22.1 Å². The Morgan fingerprint density at radius 2 is 0.556 bits per heavy atom. The van der Waals surface area contributed by atoms with Gasteiger partial charge in [0.2, 0.25) is 0 Å². The van der Waals surface area contributed by atoms with Crippen molar-refractivity contribution in [3.8, 4) is 0 Å². The third-order valence-electron chi connectivity index (χ3n) is 23.9. The zero-order valence-corrected chi connectivity index (χ0v) is 37.5. The Labute approximate surface area is 394 Å². The number of nitrogens with zero attached hydrogens (tertiary/aromatic N) is 1. The number of fused-ring (bicyclic) bond motifs is 5. The Balaban J connectivity index is 1.21. The zero-order chi connectivity index (χ0) is 43.6. The predicted octanol–water partition coefficient (Wildman–Crippen LogP) is 18.2. The molecule has 4 heteroatoms. The van der Waals surface area contributed by atoms with E-state index in [4.69, 9.17) is 0 Å². The van der Waals surface area contributed by atoms with Crippen molar-refractivity contribution in [2.45, 2.75) is 13.5 Å². The lowest BCUT2D eigenvalue weighted by molar-refractivity contribution is 0.801. The van der Waals surface area contributed by atoms with Crippen LogP contribution in [0, 0.1) is 6.92 Å². The first-order valence-corrected chi connectivity index (χ1v) is 26.8. The quantitative estimate of drug-likeness (QED) is 0.128. The number of aryl methyl sites for hydroxylation is 1. The number of pyridine rings is 1. The van der Waals surface area contributed by atoms with E-state index in [1.165, 1.54) is 264 Å². The number of rotatable bonds is 2. The van der Waals surface area contributed by atoms with E-state index in [9.17, 15) is 0 Å².